The second kappa shape index (κ2) is 5.33. The van der Waals surface area contributed by atoms with Crippen molar-refractivity contribution in [3.05, 3.63) is 60.7 Å². The first-order valence-electron chi connectivity index (χ1n) is 6.83. The molecule has 0 amide bonds. The highest BCUT2D eigenvalue weighted by molar-refractivity contribution is 5.86. The van der Waals surface area contributed by atoms with Crippen molar-refractivity contribution < 1.29 is 10.2 Å². The average Bonchev–Trinajstić information content (AvgIpc) is 2.48. The van der Waals surface area contributed by atoms with Crippen LogP contribution in [0.2, 0.25) is 0 Å². The third-order valence-corrected chi connectivity index (χ3v) is 3.61. The van der Waals surface area contributed by atoms with E-state index in [2.05, 4.69) is 0 Å². The van der Waals surface area contributed by atoms with Gasteiger partial charge in [-0.1, -0.05) is 36.4 Å². The summed E-state index contributed by atoms with van der Waals surface area (Å²) in [5.74, 6) is 0.268. The van der Waals surface area contributed by atoms with Gasteiger partial charge in [0.2, 0.25) is 0 Å². The van der Waals surface area contributed by atoms with Gasteiger partial charge in [0.25, 0.3) is 0 Å². The number of aromatic hydroxyl groups is 2. The first-order valence-corrected chi connectivity index (χ1v) is 6.83. The van der Waals surface area contributed by atoms with Gasteiger partial charge >= 0.3 is 0 Å². The van der Waals surface area contributed by atoms with Crippen LogP contribution in [0.1, 0.15) is 0 Å². The minimum absolute atomic E-state index is 0.134. The number of anilines is 2. The predicted molar refractivity (Wildman–Crippen MR) is 89.5 cm³/mol. The summed E-state index contributed by atoms with van der Waals surface area (Å²) in [7, 11) is 0. The molecule has 0 heterocycles. The summed E-state index contributed by atoms with van der Waals surface area (Å²) in [6.07, 6.45) is 0. The molecule has 3 aromatic carbocycles. The predicted octanol–water partition coefficient (Wildman–Crippen LogP) is 3.60. The molecule has 0 fully saturated rings. The van der Waals surface area contributed by atoms with Gasteiger partial charge in [-0.15, -0.1) is 0 Å². The molecule has 0 saturated carbocycles. The Morgan fingerprint density at radius 2 is 0.909 bits per heavy atom. The van der Waals surface area contributed by atoms with E-state index in [1.807, 2.05) is 24.3 Å². The lowest BCUT2D eigenvalue weighted by atomic mass is 9.97. The molecule has 0 spiro atoms. The normalized spacial score (nSPS) is 10.5. The van der Waals surface area contributed by atoms with Gasteiger partial charge in [-0.25, -0.2) is 0 Å². The highest BCUT2D eigenvalue weighted by atomic mass is 16.3. The van der Waals surface area contributed by atoms with Gasteiger partial charge in [0.05, 0.1) is 0 Å². The van der Waals surface area contributed by atoms with Crippen molar-refractivity contribution in [1.82, 2.24) is 0 Å². The molecule has 4 nitrogen and oxygen atoms in total. The molecule has 0 saturated heterocycles. The van der Waals surface area contributed by atoms with Crippen LogP contribution in [-0.2, 0) is 0 Å². The summed E-state index contributed by atoms with van der Waals surface area (Å²) < 4.78 is 0. The lowest BCUT2D eigenvalue weighted by Crippen LogP contribution is -1.92. The summed E-state index contributed by atoms with van der Waals surface area (Å²) in [4.78, 5) is 0. The second-order valence-electron chi connectivity index (χ2n) is 5.06. The zero-order chi connectivity index (χ0) is 15.7. The van der Waals surface area contributed by atoms with Crippen molar-refractivity contribution in [2.45, 2.75) is 0 Å². The molecular formula is C18H16N2O2. The van der Waals surface area contributed by atoms with E-state index in [0.29, 0.717) is 22.5 Å². The number of hydrogen-bond acceptors (Lipinski definition) is 4. The number of benzene rings is 3. The Balaban J connectivity index is 2.08. The zero-order valence-corrected chi connectivity index (χ0v) is 11.8. The van der Waals surface area contributed by atoms with Gasteiger partial charge in [-0.2, -0.15) is 0 Å². The van der Waals surface area contributed by atoms with E-state index in [1.54, 1.807) is 36.4 Å². The molecule has 6 N–H and O–H groups in total. The Labute approximate surface area is 128 Å². The Morgan fingerprint density at radius 1 is 0.545 bits per heavy atom. The van der Waals surface area contributed by atoms with E-state index < -0.39 is 0 Å². The molecular weight excluding hydrogens is 276 g/mol. The van der Waals surface area contributed by atoms with E-state index in [9.17, 15) is 10.2 Å². The summed E-state index contributed by atoms with van der Waals surface area (Å²) in [5.41, 5.74) is 15.7. The van der Waals surface area contributed by atoms with Crippen molar-refractivity contribution in [1.29, 1.82) is 0 Å². The SMILES string of the molecule is Nc1cccc(O)c1-c1ccc(-c2c(N)cccc2O)cc1. The quantitative estimate of drug-likeness (QED) is 0.543. The molecule has 0 bridgehead atoms. The molecule has 0 aliphatic heterocycles. The van der Waals surface area contributed by atoms with Crippen LogP contribution in [0.4, 0.5) is 11.4 Å². The first kappa shape index (κ1) is 13.8. The Hall–Kier alpha value is -3.14. The van der Waals surface area contributed by atoms with E-state index in [1.165, 1.54) is 0 Å². The van der Waals surface area contributed by atoms with Crippen molar-refractivity contribution in [2.24, 2.45) is 0 Å². The highest BCUT2D eigenvalue weighted by Crippen LogP contribution is 2.38. The Kier molecular flexibility index (Phi) is 3.35. The van der Waals surface area contributed by atoms with Gasteiger partial charge in [-0.05, 0) is 35.4 Å². The number of phenols is 2. The van der Waals surface area contributed by atoms with Gasteiger partial charge < -0.3 is 21.7 Å². The maximum Gasteiger partial charge on any atom is 0.125 e. The van der Waals surface area contributed by atoms with Gasteiger partial charge in [0, 0.05) is 22.5 Å². The van der Waals surface area contributed by atoms with Crippen LogP contribution < -0.4 is 11.5 Å². The molecule has 0 unspecified atom stereocenters. The summed E-state index contributed by atoms with van der Waals surface area (Å²) in [6, 6.07) is 17.4. The first-order chi connectivity index (χ1) is 10.6. The van der Waals surface area contributed by atoms with Gasteiger partial charge in [0.1, 0.15) is 11.5 Å². The van der Waals surface area contributed by atoms with Crippen LogP contribution in [0.5, 0.6) is 11.5 Å². The molecule has 0 atom stereocenters. The lowest BCUT2D eigenvalue weighted by molar-refractivity contribution is 0.477. The molecule has 0 radical (unpaired) electrons. The van der Waals surface area contributed by atoms with Crippen molar-refractivity contribution >= 4 is 11.4 Å². The third kappa shape index (κ3) is 2.31. The summed E-state index contributed by atoms with van der Waals surface area (Å²) in [5, 5.41) is 20.0. The van der Waals surface area contributed by atoms with Crippen molar-refractivity contribution in [3.8, 4) is 33.8 Å². The van der Waals surface area contributed by atoms with Crippen molar-refractivity contribution in [2.75, 3.05) is 11.5 Å². The van der Waals surface area contributed by atoms with E-state index >= 15 is 0 Å². The fourth-order valence-corrected chi connectivity index (χ4v) is 2.55. The number of rotatable bonds is 2. The molecule has 4 heteroatoms. The van der Waals surface area contributed by atoms with Crippen LogP contribution in [0.3, 0.4) is 0 Å². The van der Waals surface area contributed by atoms with Gasteiger partial charge in [-0.3, -0.25) is 0 Å². The number of phenolic OH excluding ortho intramolecular Hbond substituents is 2. The molecule has 110 valence electrons. The van der Waals surface area contributed by atoms with Crippen LogP contribution in [-0.4, -0.2) is 10.2 Å². The highest BCUT2D eigenvalue weighted by Gasteiger charge is 2.11. The van der Waals surface area contributed by atoms with Crippen LogP contribution >= 0.6 is 0 Å². The smallest absolute Gasteiger partial charge is 0.125 e. The fraction of sp³-hybridized carbons (Fsp3) is 0. The van der Waals surface area contributed by atoms with E-state index in [-0.39, 0.29) is 11.5 Å². The second-order valence-corrected chi connectivity index (χ2v) is 5.06. The average molecular weight is 292 g/mol. The van der Waals surface area contributed by atoms with Crippen LogP contribution in [0.15, 0.2) is 60.7 Å². The van der Waals surface area contributed by atoms with E-state index in [0.717, 1.165) is 11.1 Å². The van der Waals surface area contributed by atoms with Crippen LogP contribution in [0, 0.1) is 0 Å². The zero-order valence-electron chi connectivity index (χ0n) is 11.8. The maximum absolute atomic E-state index is 9.98. The topological polar surface area (TPSA) is 92.5 Å². The largest absolute Gasteiger partial charge is 0.507 e. The molecule has 0 aliphatic carbocycles. The number of hydrogen-bond donors (Lipinski definition) is 4. The van der Waals surface area contributed by atoms with Gasteiger partial charge in [0.15, 0.2) is 0 Å². The van der Waals surface area contributed by atoms with E-state index in [4.69, 9.17) is 11.5 Å². The third-order valence-electron chi connectivity index (χ3n) is 3.61. The number of nitrogens with two attached hydrogens (primary N) is 2. The van der Waals surface area contributed by atoms with Crippen molar-refractivity contribution in [3.63, 3.8) is 0 Å². The fourth-order valence-electron chi connectivity index (χ4n) is 2.55. The standard InChI is InChI=1S/C18H16N2O2/c19-13-3-1-5-15(21)17(13)11-7-9-12(10-8-11)18-14(20)4-2-6-16(18)22/h1-10,21-22H,19-20H2. The molecule has 3 rings (SSSR count). The molecule has 22 heavy (non-hydrogen) atoms. The maximum atomic E-state index is 9.98. The Morgan fingerprint density at radius 3 is 1.23 bits per heavy atom. The lowest BCUT2D eigenvalue weighted by Gasteiger charge is -2.11. The van der Waals surface area contributed by atoms with Crippen LogP contribution in [0.25, 0.3) is 22.3 Å². The number of nitrogen functional groups attached to an aromatic ring is 2. The summed E-state index contributed by atoms with van der Waals surface area (Å²) in [6.45, 7) is 0. The molecule has 0 aromatic heterocycles. The summed E-state index contributed by atoms with van der Waals surface area (Å²) >= 11 is 0. The monoisotopic (exact) mass is 292 g/mol. The molecule has 3 aromatic rings. The molecule has 0 aliphatic rings. The minimum Gasteiger partial charge on any atom is -0.507 e. The minimum atomic E-state index is 0.134. The Bertz CT molecular complexity index is 716.